The lowest BCUT2D eigenvalue weighted by Gasteiger charge is -2.28. The highest BCUT2D eigenvalue weighted by molar-refractivity contribution is 5.83. The molecule has 10 heteroatoms. The van der Waals surface area contributed by atoms with Gasteiger partial charge in [-0.15, -0.1) is 0 Å². The van der Waals surface area contributed by atoms with Gasteiger partial charge in [-0.25, -0.2) is 0 Å². The number of benzene rings is 3. The molecule has 10 nitrogen and oxygen atoms in total. The number of nitrogens with one attached hydrogen (secondary N) is 2. The average molecular weight is 531 g/mol. The van der Waals surface area contributed by atoms with E-state index in [-0.39, 0.29) is 30.7 Å². The number of rotatable bonds is 12. The Morgan fingerprint density at radius 2 is 1.74 bits per heavy atom. The molecule has 0 saturated carbocycles. The zero-order valence-electron chi connectivity index (χ0n) is 21.8. The predicted molar refractivity (Wildman–Crippen MR) is 147 cm³/mol. The topological polar surface area (TPSA) is 127 Å². The number of fused-ring (bicyclic) bond motifs is 1. The number of nitrogens with zero attached hydrogens (tertiary/aromatic N) is 2. The van der Waals surface area contributed by atoms with Crippen molar-refractivity contribution in [2.45, 2.75) is 25.9 Å². The molecular weight excluding hydrogens is 500 g/mol. The molecule has 4 rings (SSSR count). The van der Waals surface area contributed by atoms with Gasteiger partial charge in [0.2, 0.25) is 5.91 Å². The Balaban J connectivity index is 1.50. The Bertz CT molecular complexity index is 1450. The number of aromatic amines is 1. The van der Waals surface area contributed by atoms with Crippen molar-refractivity contribution in [3.8, 4) is 11.5 Å². The fourth-order valence-electron chi connectivity index (χ4n) is 4.42. The Labute approximate surface area is 225 Å². The second kappa shape index (κ2) is 12.6. The van der Waals surface area contributed by atoms with Gasteiger partial charge in [-0.05, 0) is 36.2 Å². The number of non-ortho nitro benzene ring substituents is 1. The van der Waals surface area contributed by atoms with E-state index in [0.29, 0.717) is 24.5 Å². The molecule has 1 unspecified atom stereocenters. The third kappa shape index (κ3) is 7.13. The molecule has 1 aromatic heterocycles. The van der Waals surface area contributed by atoms with E-state index in [1.54, 1.807) is 12.0 Å². The van der Waals surface area contributed by atoms with Crippen LogP contribution in [0.5, 0.6) is 11.5 Å². The minimum Gasteiger partial charge on any atom is -0.496 e. The summed E-state index contributed by atoms with van der Waals surface area (Å²) in [5, 5.41) is 14.9. The summed E-state index contributed by atoms with van der Waals surface area (Å²) < 4.78 is 11.0. The molecule has 0 fully saturated rings. The lowest BCUT2D eigenvalue weighted by Crippen LogP contribution is -2.47. The van der Waals surface area contributed by atoms with Gasteiger partial charge in [0.1, 0.15) is 11.5 Å². The lowest BCUT2D eigenvalue weighted by molar-refractivity contribution is -0.384. The molecule has 39 heavy (non-hydrogen) atoms. The van der Waals surface area contributed by atoms with Crippen LogP contribution in [-0.4, -0.2) is 52.9 Å². The maximum Gasteiger partial charge on any atom is 0.269 e. The van der Waals surface area contributed by atoms with Crippen LogP contribution in [0, 0.1) is 10.1 Å². The average Bonchev–Trinajstić information content (AvgIpc) is 3.34. The number of hydrogen-bond acceptors (Lipinski definition) is 6. The van der Waals surface area contributed by atoms with Crippen LogP contribution in [0.25, 0.3) is 10.9 Å². The summed E-state index contributed by atoms with van der Waals surface area (Å²) in [6.45, 7) is 1.79. The summed E-state index contributed by atoms with van der Waals surface area (Å²) in [5.74, 6) is 0.503. The van der Waals surface area contributed by atoms with Gasteiger partial charge in [0.05, 0.1) is 18.1 Å². The fraction of sp³-hybridized carbons (Fsp3) is 0.241. The zero-order valence-corrected chi connectivity index (χ0v) is 21.8. The number of H-pyrrole nitrogens is 1. The first-order chi connectivity index (χ1) is 18.8. The van der Waals surface area contributed by atoms with Crippen LogP contribution in [0.3, 0.4) is 0 Å². The van der Waals surface area contributed by atoms with Gasteiger partial charge < -0.3 is 24.7 Å². The quantitative estimate of drug-likeness (QED) is 0.208. The first kappa shape index (κ1) is 27.2. The molecule has 0 radical (unpaired) electrons. The third-order valence-electron chi connectivity index (χ3n) is 6.36. The second-order valence-electron chi connectivity index (χ2n) is 9.08. The molecule has 202 valence electrons. The van der Waals surface area contributed by atoms with Crippen molar-refractivity contribution in [3.63, 3.8) is 0 Å². The summed E-state index contributed by atoms with van der Waals surface area (Å²) in [4.78, 5) is 40.9. The number of para-hydroxylation sites is 2. The monoisotopic (exact) mass is 530 g/mol. The molecule has 0 bridgehead atoms. The van der Waals surface area contributed by atoms with Crippen LogP contribution in [-0.2, 0) is 22.6 Å². The van der Waals surface area contributed by atoms with E-state index in [1.807, 2.05) is 54.7 Å². The maximum atomic E-state index is 12.9. The van der Waals surface area contributed by atoms with Crippen LogP contribution < -0.4 is 14.8 Å². The van der Waals surface area contributed by atoms with E-state index in [1.165, 1.54) is 31.2 Å². The summed E-state index contributed by atoms with van der Waals surface area (Å²) in [7, 11) is 1.59. The van der Waals surface area contributed by atoms with Gasteiger partial charge in [-0.2, -0.15) is 0 Å². The number of nitro benzene ring substituents is 1. The molecule has 0 aliphatic carbocycles. The van der Waals surface area contributed by atoms with E-state index in [2.05, 4.69) is 10.3 Å². The molecule has 4 aromatic rings. The number of nitro groups is 1. The Morgan fingerprint density at radius 3 is 2.46 bits per heavy atom. The number of carbonyl (C=O) groups excluding carboxylic acids is 2. The van der Waals surface area contributed by atoms with Gasteiger partial charge in [0.25, 0.3) is 11.6 Å². The number of carbonyl (C=O) groups is 2. The molecule has 2 amide bonds. The normalized spacial score (nSPS) is 11.5. The Hall–Kier alpha value is -4.86. The van der Waals surface area contributed by atoms with Gasteiger partial charge in [-0.3, -0.25) is 19.7 Å². The number of methoxy groups -OCH3 is 1. The minimum absolute atomic E-state index is 0.0648. The Morgan fingerprint density at radius 1 is 1.03 bits per heavy atom. The van der Waals surface area contributed by atoms with Crippen LogP contribution in [0.1, 0.15) is 18.1 Å². The van der Waals surface area contributed by atoms with Crippen molar-refractivity contribution in [2.75, 3.05) is 20.3 Å². The number of aromatic nitrogens is 1. The van der Waals surface area contributed by atoms with Gasteiger partial charge >= 0.3 is 0 Å². The highest BCUT2D eigenvalue weighted by Gasteiger charge is 2.22. The highest BCUT2D eigenvalue weighted by atomic mass is 16.6. The fourth-order valence-corrected chi connectivity index (χ4v) is 4.42. The van der Waals surface area contributed by atoms with Crippen LogP contribution >= 0.6 is 0 Å². The first-order valence-electron chi connectivity index (χ1n) is 12.4. The molecule has 3 aromatic carbocycles. The molecule has 0 aliphatic heterocycles. The molecule has 2 N–H and O–H groups in total. The van der Waals surface area contributed by atoms with E-state index in [4.69, 9.17) is 9.47 Å². The van der Waals surface area contributed by atoms with Crippen molar-refractivity contribution in [3.05, 3.63) is 100 Å². The van der Waals surface area contributed by atoms with Gasteiger partial charge in [0.15, 0.2) is 6.61 Å². The summed E-state index contributed by atoms with van der Waals surface area (Å²) in [6.07, 6.45) is 2.39. The predicted octanol–water partition coefficient (Wildman–Crippen LogP) is 4.24. The smallest absolute Gasteiger partial charge is 0.269 e. The molecule has 1 heterocycles. The zero-order chi connectivity index (χ0) is 27.8. The number of hydrogen-bond donors (Lipinski definition) is 2. The van der Waals surface area contributed by atoms with Crippen LogP contribution in [0.4, 0.5) is 5.69 Å². The number of ether oxygens (including phenoxy) is 2. The standard InChI is InChI=1S/C29H30N4O6/c1-20(34)32(17-21-7-3-6-10-28(21)38-2)18-23(15-22-16-30-27-9-5-4-8-26(22)27)31-29(35)19-39-25-13-11-24(12-14-25)33(36)37/h3-14,16,23,30H,15,17-19H2,1-2H3,(H,31,35). The SMILES string of the molecule is COc1ccccc1CN(CC(Cc1c[nH]c2ccccc12)NC(=O)COc1ccc([N+](=O)[O-])cc1)C(C)=O. The maximum absolute atomic E-state index is 12.9. The molecule has 0 aliphatic rings. The van der Waals surface area contributed by atoms with E-state index in [0.717, 1.165) is 22.0 Å². The van der Waals surface area contributed by atoms with Crippen LogP contribution in [0.2, 0.25) is 0 Å². The highest BCUT2D eigenvalue weighted by Crippen LogP contribution is 2.22. The third-order valence-corrected chi connectivity index (χ3v) is 6.36. The van der Waals surface area contributed by atoms with Crippen molar-refractivity contribution in [1.82, 2.24) is 15.2 Å². The largest absolute Gasteiger partial charge is 0.496 e. The van der Waals surface area contributed by atoms with E-state index < -0.39 is 11.0 Å². The van der Waals surface area contributed by atoms with Crippen molar-refractivity contribution in [1.29, 1.82) is 0 Å². The molecular formula is C29H30N4O6. The molecule has 1 atom stereocenters. The molecule has 0 spiro atoms. The first-order valence-corrected chi connectivity index (χ1v) is 12.4. The number of amides is 2. The van der Waals surface area contributed by atoms with Crippen molar-refractivity contribution in [2.24, 2.45) is 0 Å². The van der Waals surface area contributed by atoms with E-state index >= 15 is 0 Å². The second-order valence-corrected chi connectivity index (χ2v) is 9.08. The molecule has 0 saturated heterocycles. The minimum atomic E-state index is -0.502. The van der Waals surface area contributed by atoms with Gasteiger partial charge in [-0.1, -0.05) is 36.4 Å². The van der Waals surface area contributed by atoms with Crippen molar-refractivity contribution >= 4 is 28.4 Å². The lowest BCUT2D eigenvalue weighted by atomic mass is 10.0. The Kier molecular flexibility index (Phi) is 8.78. The summed E-state index contributed by atoms with van der Waals surface area (Å²) >= 11 is 0. The van der Waals surface area contributed by atoms with Crippen LogP contribution in [0.15, 0.2) is 79.0 Å². The van der Waals surface area contributed by atoms with Gasteiger partial charge in [0, 0.05) is 54.8 Å². The summed E-state index contributed by atoms with van der Waals surface area (Å²) in [6, 6.07) is 20.5. The van der Waals surface area contributed by atoms with E-state index in [9.17, 15) is 19.7 Å². The summed E-state index contributed by atoms with van der Waals surface area (Å²) in [5.41, 5.74) is 2.78. The van der Waals surface area contributed by atoms with Crippen molar-refractivity contribution < 1.29 is 24.0 Å².